The molecule has 2 aromatic rings. The third kappa shape index (κ3) is 21.3. The molecule has 0 bridgehead atoms. The number of amides is 6. The fourth-order valence-corrected chi connectivity index (χ4v) is 10.9. The van der Waals surface area contributed by atoms with E-state index in [2.05, 4.69) is 36.6 Å². The van der Waals surface area contributed by atoms with Gasteiger partial charge in [0, 0.05) is 134 Å². The molecule has 2 saturated heterocycles. The molecule has 6 rings (SSSR count). The van der Waals surface area contributed by atoms with Crippen LogP contribution >= 0.6 is 11.8 Å². The summed E-state index contributed by atoms with van der Waals surface area (Å²) in [5.41, 5.74) is 11.2. The molecule has 25 nitrogen and oxygen atoms in total. The molecule has 0 spiro atoms. The maximum Gasteiger partial charge on any atom is 0.315 e. The Kier molecular flexibility index (Phi) is 27.6. The minimum absolute atomic E-state index is 0.0121. The smallest absolute Gasteiger partial charge is 0.315 e. The van der Waals surface area contributed by atoms with Crippen LogP contribution in [0, 0.1) is 0 Å². The first-order valence-corrected chi connectivity index (χ1v) is 29.1. The van der Waals surface area contributed by atoms with Gasteiger partial charge in [0.05, 0.1) is 103 Å². The van der Waals surface area contributed by atoms with Gasteiger partial charge in [-0.3, -0.25) is 19.2 Å². The first-order valence-electron chi connectivity index (χ1n) is 28.0. The van der Waals surface area contributed by atoms with Gasteiger partial charge in [0.1, 0.15) is 25.4 Å². The van der Waals surface area contributed by atoms with Crippen LogP contribution in [0.5, 0.6) is 0 Å². The van der Waals surface area contributed by atoms with Crippen molar-refractivity contribution in [3.05, 3.63) is 81.5 Å². The molecule has 0 saturated carbocycles. The van der Waals surface area contributed by atoms with Crippen molar-refractivity contribution in [3.8, 4) is 22.5 Å². The van der Waals surface area contributed by atoms with Gasteiger partial charge >= 0.3 is 6.03 Å². The van der Waals surface area contributed by atoms with Gasteiger partial charge in [0.25, 0.3) is 5.91 Å². The summed E-state index contributed by atoms with van der Waals surface area (Å²) in [6.45, 7) is 4.47. The van der Waals surface area contributed by atoms with Gasteiger partial charge in [-0.05, 0) is 54.3 Å². The van der Waals surface area contributed by atoms with E-state index in [1.165, 1.54) is 17.0 Å². The summed E-state index contributed by atoms with van der Waals surface area (Å²) in [6, 6.07) is 16.0. The number of carboxylic acid groups (broad SMARTS) is 1. The molecule has 83 heavy (non-hydrogen) atoms. The molecule has 5 N–H and O–H groups in total. The summed E-state index contributed by atoms with van der Waals surface area (Å²) < 4.78 is 41.6. The number of hydrogen-bond donors (Lipinski definition) is 5. The maximum atomic E-state index is 13.6. The van der Waals surface area contributed by atoms with Crippen LogP contribution in [-0.2, 0) is 42.8 Å². The van der Waals surface area contributed by atoms with Crippen LogP contribution in [-0.4, -0.2) is 210 Å². The summed E-state index contributed by atoms with van der Waals surface area (Å²) in [6.07, 6.45) is 2.99. The van der Waals surface area contributed by atoms with E-state index in [-0.39, 0.29) is 126 Å². The zero-order valence-corrected chi connectivity index (χ0v) is 48.7. The average molecular weight is 1170 g/mol. The zero-order valence-electron chi connectivity index (χ0n) is 47.9. The molecule has 0 unspecified atom stereocenters. The van der Waals surface area contributed by atoms with E-state index in [0.717, 1.165) is 36.1 Å². The number of urea groups is 1. The lowest BCUT2D eigenvalue weighted by Crippen LogP contribution is -2.39. The molecule has 0 aromatic heterocycles. The zero-order chi connectivity index (χ0) is 59.3. The summed E-state index contributed by atoms with van der Waals surface area (Å²) in [7, 11) is 7.65. The first kappa shape index (κ1) is 65.1. The van der Waals surface area contributed by atoms with Crippen molar-refractivity contribution in [2.75, 3.05) is 157 Å². The average Bonchev–Trinajstić information content (AvgIpc) is 4.19. The second-order valence-electron chi connectivity index (χ2n) is 20.0. The van der Waals surface area contributed by atoms with Crippen molar-refractivity contribution in [1.29, 1.82) is 0 Å². The van der Waals surface area contributed by atoms with Crippen LogP contribution in [0.25, 0.3) is 43.9 Å². The van der Waals surface area contributed by atoms with Crippen molar-refractivity contribution in [3.63, 3.8) is 0 Å². The number of ether oxygens (including phenoxy) is 6. The largest absolute Gasteiger partial charge is 0.545 e. The Balaban J connectivity index is 0.901. The predicted octanol–water partition coefficient (Wildman–Crippen LogP) is 2.37. The van der Waals surface area contributed by atoms with Gasteiger partial charge < -0.3 is 79.1 Å². The third-order valence-electron chi connectivity index (χ3n) is 13.7. The number of nitrogens with zero attached hydrogens (tertiary/aromatic N) is 6. The summed E-state index contributed by atoms with van der Waals surface area (Å²) >= 11 is 1.87. The van der Waals surface area contributed by atoms with Gasteiger partial charge in [-0.1, -0.05) is 17.6 Å². The van der Waals surface area contributed by atoms with E-state index < -0.39 is 11.9 Å². The number of unbranched alkanes of at least 4 members (excludes halogenated alkanes) is 1. The summed E-state index contributed by atoms with van der Waals surface area (Å²) in [5.74, 6) is -1.28. The van der Waals surface area contributed by atoms with E-state index in [0.29, 0.717) is 97.9 Å². The van der Waals surface area contributed by atoms with Gasteiger partial charge in [-0.15, -0.1) is 0 Å². The number of benzene rings is 3. The quantitative estimate of drug-likeness (QED) is 0.00815. The number of fused-ring (bicyclic) bond motifs is 3. The molecular weight excluding hydrogens is 1090 g/mol. The minimum atomic E-state index is -1.48. The highest BCUT2D eigenvalue weighted by Crippen LogP contribution is 2.42. The number of hydrogen-bond acceptors (Lipinski definition) is 17. The van der Waals surface area contributed by atoms with Gasteiger partial charge in [-0.25, -0.2) is 9.37 Å². The maximum absolute atomic E-state index is 13.6. The standard InChI is InChI=1S/C57H79N11O14S/c1-66(2)40-10-13-43-47(36-40)82-48-37-41(67(3)4)11-14-44(48)53(43)42-12-9-39(35-45(42)56(73)74)55(72)61-17-15-52(71)68(22-26-79-30-34-81-33-29-78-25-20-62-65-58)21-16-51(70)60-19-24-77-28-32-80-31-27-76-23-18-59-50(69)8-6-5-7-49-54-46(38-83-49)63-57(75)64-54/h9-14,35-37,46,49,54H,5-8,15-34,38H2,1-4H3,(H5-,59,60,61,63,64,69,70,72,73,74,75)/t46-,49-,54-/m0/s1. The second-order valence-corrected chi connectivity index (χ2v) is 21.3. The third-order valence-corrected chi connectivity index (χ3v) is 15.2. The van der Waals surface area contributed by atoms with E-state index >= 15 is 0 Å². The first-order chi connectivity index (χ1) is 40.2. The lowest BCUT2D eigenvalue weighted by Gasteiger charge is -2.23. The van der Waals surface area contributed by atoms with E-state index in [9.17, 15) is 33.9 Å². The van der Waals surface area contributed by atoms with Crippen molar-refractivity contribution < 1.29 is 66.7 Å². The van der Waals surface area contributed by atoms with Crippen molar-refractivity contribution in [2.24, 2.45) is 5.11 Å². The molecule has 2 fully saturated rings. The number of carboxylic acids is 1. The summed E-state index contributed by atoms with van der Waals surface area (Å²) in [4.78, 5) is 82.9. The van der Waals surface area contributed by atoms with E-state index in [1.54, 1.807) is 6.07 Å². The van der Waals surface area contributed by atoms with Crippen LogP contribution < -0.4 is 46.5 Å². The van der Waals surface area contributed by atoms with Crippen molar-refractivity contribution in [1.82, 2.24) is 36.1 Å². The van der Waals surface area contributed by atoms with Gasteiger partial charge in [0.2, 0.25) is 23.1 Å². The Morgan fingerprint density at radius 1 is 0.747 bits per heavy atom. The fraction of sp³-hybridized carbons (Fsp3) is 0.561. The molecule has 4 aliphatic rings. The molecule has 1 aliphatic carbocycles. The molecule has 3 heterocycles. The van der Waals surface area contributed by atoms with Crippen LogP contribution in [0.3, 0.4) is 0 Å². The van der Waals surface area contributed by atoms with Crippen molar-refractivity contribution in [2.45, 2.75) is 55.9 Å². The number of rotatable bonds is 39. The number of thioether (sulfide) groups is 1. The Hall–Kier alpha value is -7.03. The predicted molar refractivity (Wildman–Crippen MR) is 311 cm³/mol. The van der Waals surface area contributed by atoms with Gasteiger partial charge in [0.15, 0.2) is 0 Å². The lowest BCUT2D eigenvalue weighted by molar-refractivity contribution is -0.255. The van der Waals surface area contributed by atoms with E-state index in [4.69, 9.17) is 38.4 Å². The topological polar surface area (TPSA) is 312 Å². The number of aromatic carboxylic acids is 1. The Morgan fingerprint density at radius 2 is 1.40 bits per heavy atom. The highest BCUT2D eigenvalue weighted by molar-refractivity contribution is 8.00. The monoisotopic (exact) mass is 1170 g/mol. The SMILES string of the molecule is CN(C)c1ccc2c(-c3ccc(C(=O)NCCC(=O)N(CCOCCOCCOCCN=[N+]=[N-])CCC(=O)NCCOCCOCCOCCNC(=O)CCCC[C@@H]4SC[C@@H]5NC(=O)N[C@@H]54)cc3C(=O)[O-])c3ccc(=[N+](C)C)cc-3oc2c1. The van der Waals surface area contributed by atoms with Crippen LogP contribution in [0.15, 0.2) is 64.1 Å². The van der Waals surface area contributed by atoms with Crippen molar-refractivity contribution >= 4 is 64.0 Å². The lowest BCUT2D eigenvalue weighted by atomic mass is 9.89. The van der Waals surface area contributed by atoms with Gasteiger partial charge in [-0.2, -0.15) is 11.8 Å². The molecular formula is C57H79N11O14S. The van der Waals surface area contributed by atoms with E-state index in [1.807, 2.05) is 85.8 Å². The van der Waals surface area contributed by atoms with Crippen LogP contribution in [0.4, 0.5) is 10.5 Å². The number of carbonyl (C=O) groups is 6. The Labute approximate surface area is 487 Å². The highest BCUT2D eigenvalue weighted by atomic mass is 32.2. The molecule has 6 amide bonds. The number of carbonyl (C=O) groups excluding carboxylic acids is 6. The van der Waals surface area contributed by atoms with Crippen LogP contribution in [0.2, 0.25) is 0 Å². The minimum Gasteiger partial charge on any atom is -0.545 e. The summed E-state index contributed by atoms with van der Waals surface area (Å²) in [5, 5.41) is 32.6. The number of azide groups is 1. The molecule has 452 valence electrons. The number of anilines is 1. The Bertz CT molecular complexity index is 2880. The molecule has 26 heteroatoms. The molecule has 2 aromatic carbocycles. The normalized spacial score (nSPS) is 15.3. The molecule has 3 atom stereocenters. The molecule has 3 aliphatic heterocycles. The van der Waals surface area contributed by atoms with Crippen LogP contribution in [0.1, 0.15) is 59.2 Å². The molecule has 0 radical (unpaired) electrons. The fourth-order valence-electron chi connectivity index (χ4n) is 9.31. The Morgan fingerprint density at radius 3 is 2.06 bits per heavy atom. The number of nitrogens with one attached hydrogen (secondary N) is 5. The second kappa shape index (κ2) is 35.2. The highest BCUT2D eigenvalue weighted by Gasteiger charge is 2.42.